The number of nitrogens with zero attached hydrogens (tertiary/aromatic N) is 2. The Kier molecular flexibility index (Phi) is 6.20. The number of hydrogen-bond acceptors (Lipinski definition) is 4. The van der Waals surface area contributed by atoms with E-state index >= 15 is 0 Å². The van der Waals surface area contributed by atoms with Gasteiger partial charge in [0.05, 0.1) is 4.92 Å². The third kappa shape index (κ3) is 4.73. The fourth-order valence-electron chi connectivity index (χ4n) is 2.40. The first-order valence-corrected chi connectivity index (χ1v) is 7.57. The second kappa shape index (κ2) is 8.35. The van der Waals surface area contributed by atoms with Crippen molar-refractivity contribution in [2.45, 2.75) is 13.0 Å². The van der Waals surface area contributed by atoms with Gasteiger partial charge in [0.1, 0.15) is 0 Å². The highest BCUT2D eigenvalue weighted by Crippen LogP contribution is 2.28. The van der Waals surface area contributed by atoms with Gasteiger partial charge in [-0.15, -0.1) is 0 Å². The molecule has 2 rings (SSSR count). The standard InChI is InChI=1S/C17H19F2N3O2/c1-21(12-13-6-3-2-4-7-13)11-5-10-20-17-15(22(23)24)9-8-14(18)16(17)19/h2-4,6-9,20H,5,10-12H2,1H3. The van der Waals surface area contributed by atoms with E-state index in [0.29, 0.717) is 19.5 Å². The Morgan fingerprint density at radius 1 is 1.17 bits per heavy atom. The highest BCUT2D eigenvalue weighted by atomic mass is 19.2. The largest absolute Gasteiger partial charge is 0.377 e. The van der Waals surface area contributed by atoms with Gasteiger partial charge in [0.15, 0.2) is 17.3 Å². The molecule has 128 valence electrons. The first-order valence-electron chi connectivity index (χ1n) is 7.57. The number of nitrogens with one attached hydrogen (secondary N) is 1. The second-order valence-corrected chi connectivity index (χ2v) is 5.52. The van der Waals surface area contributed by atoms with Gasteiger partial charge in [-0.3, -0.25) is 10.1 Å². The predicted molar refractivity (Wildman–Crippen MR) is 88.9 cm³/mol. The topological polar surface area (TPSA) is 58.4 Å². The zero-order chi connectivity index (χ0) is 17.5. The Balaban J connectivity index is 1.86. The van der Waals surface area contributed by atoms with Gasteiger partial charge in [0.25, 0.3) is 5.69 Å². The van der Waals surface area contributed by atoms with Gasteiger partial charge in [0.2, 0.25) is 0 Å². The zero-order valence-corrected chi connectivity index (χ0v) is 13.3. The van der Waals surface area contributed by atoms with E-state index in [-0.39, 0.29) is 0 Å². The van der Waals surface area contributed by atoms with Crippen LogP contribution < -0.4 is 5.32 Å². The minimum Gasteiger partial charge on any atom is -0.377 e. The van der Waals surface area contributed by atoms with Gasteiger partial charge in [-0.25, -0.2) is 8.78 Å². The molecule has 0 unspecified atom stereocenters. The maximum Gasteiger partial charge on any atom is 0.295 e. The molecular weight excluding hydrogens is 316 g/mol. The van der Waals surface area contributed by atoms with Gasteiger partial charge in [-0.2, -0.15) is 0 Å². The van der Waals surface area contributed by atoms with Crippen molar-refractivity contribution in [3.05, 3.63) is 69.8 Å². The van der Waals surface area contributed by atoms with Crippen molar-refractivity contribution in [3.63, 3.8) is 0 Å². The van der Waals surface area contributed by atoms with Crippen molar-refractivity contribution < 1.29 is 13.7 Å². The van der Waals surface area contributed by atoms with E-state index in [1.165, 1.54) is 5.56 Å². The first-order chi connectivity index (χ1) is 11.5. The summed E-state index contributed by atoms with van der Waals surface area (Å²) in [6, 6.07) is 11.7. The van der Waals surface area contributed by atoms with E-state index in [0.717, 1.165) is 18.7 Å². The molecule has 2 aromatic rings. The Bertz CT molecular complexity index is 696. The van der Waals surface area contributed by atoms with E-state index < -0.39 is 27.9 Å². The van der Waals surface area contributed by atoms with Crippen molar-refractivity contribution >= 4 is 11.4 Å². The normalized spacial score (nSPS) is 10.8. The van der Waals surface area contributed by atoms with E-state index in [4.69, 9.17) is 0 Å². The van der Waals surface area contributed by atoms with Crippen molar-refractivity contribution in [2.75, 3.05) is 25.5 Å². The molecule has 1 N–H and O–H groups in total. The van der Waals surface area contributed by atoms with Gasteiger partial charge >= 0.3 is 0 Å². The van der Waals surface area contributed by atoms with Crippen molar-refractivity contribution in [3.8, 4) is 0 Å². The van der Waals surface area contributed by atoms with Gasteiger partial charge < -0.3 is 10.2 Å². The van der Waals surface area contributed by atoms with Crippen LogP contribution >= 0.6 is 0 Å². The van der Waals surface area contributed by atoms with Crippen LogP contribution in [0.4, 0.5) is 20.2 Å². The molecule has 7 heteroatoms. The molecule has 0 bridgehead atoms. The molecule has 0 aliphatic rings. The molecular formula is C17H19F2N3O2. The molecule has 2 aromatic carbocycles. The summed E-state index contributed by atoms with van der Waals surface area (Å²) >= 11 is 0. The lowest BCUT2D eigenvalue weighted by atomic mass is 10.2. The second-order valence-electron chi connectivity index (χ2n) is 5.52. The summed E-state index contributed by atoms with van der Waals surface area (Å²) < 4.78 is 27.0. The van der Waals surface area contributed by atoms with E-state index in [1.807, 2.05) is 37.4 Å². The van der Waals surface area contributed by atoms with Crippen LogP contribution in [-0.4, -0.2) is 30.0 Å². The molecule has 0 saturated heterocycles. The molecule has 0 atom stereocenters. The van der Waals surface area contributed by atoms with Gasteiger partial charge in [0, 0.05) is 19.2 Å². The number of benzene rings is 2. The van der Waals surface area contributed by atoms with Crippen LogP contribution in [-0.2, 0) is 6.54 Å². The minimum absolute atomic E-state index is 0.306. The number of hydrogen-bond donors (Lipinski definition) is 1. The maximum atomic E-state index is 13.7. The minimum atomic E-state index is -1.22. The first kappa shape index (κ1) is 17.8. The molecule has 0 aliphatic heterocycles. The Morgan fingerprint density at radius 3 is 2.54 bits per heavy atom. The molecule has 0 amide bonds. The SMILES string of the molecule is CN(CCCNc1c([N+](=O)[O-])ccc(F)c1F)Cc1ccccc1. The third-order valence-electron chi connectivity index (χ3n) is 3.58. The molecule has 0 aliphatic carbocycles. The van der Waals surface area contributed by atoms with E-state index in [2.05, 4.69) is 10.2 Å². The maximum absolute atomic E-state index is 13.7. The fourth-order valence-corrected chi connectivity index (χ4v) is 2.40. The van der Waals surface area contributed by atoms with Crippen LogP contribution in [0.25, 0.3) is 0 Å². The quantitative estimate of drug-likeness (QED) is 0.453. The molecule has 0 spiro atoms. The lowest BCUT2D eigenvalue weighted by molar-refractivity contribution is -0.384. The zero-order valence-electron chi connectivity index (χ0n) is 13.3. The number of anilines is 1. The fraction of sp³-hybridized carbons (Fsp3) is 0.294. The molecule has 0 fully saturated rings. The average molecular weight is 335 g/mol. The number of rotatable bonds is 8. The van der Waals surface area contributed by atoms with Crippen LogP contribution in [0.3, 0.4) is 0 Å². The van der Waals surface area contributed by atoms with Crippen LogP contribution in [0.2, 0.25) is 0 Å². The lowest BCUT2D eigenvalue weighted by Gasteiger charge is -2.17. The summed E-state index contributed by atoms with van der Waals surface area (Å²) in [5.74, 6) is -2.33. The summed E-state index contributed by atoms with van der Waals surface area (Å²) in [6.07, 6.45) is 0.635. The number of halogens is 2. The van der Waals surface area contributed by atoms with Crippen LogP contribution in [0.5, 0.6) is 0 Å². The van der Waals surface area contributed by atoms with E-state index in [1.54, 1.807) is 0 Å². The summed E-state index contributed by atoms with van der Waals surface area (Å²) in [4.78, 5) is 12.3. The molecule has 24 heavy (non-hydrogen) atoms. The van der Waals surface area contributed by atoms with Crippen molar-refractivity contribution in [1.29, 1.82) is 0 Å². The van der Waals surface area contributed by atoms with Crippen molar-refractivity contribution in [2.24, 2.45) is 0 Å². The predicted octanol–water partition coefficient (Wildman–Crippen LogP) is 3.81. The third-order valence-corrected chi connectivity index (χ3v) is 3.58. The summed E-state index contributed by atoms with van der Waals surface area (Å²) in [5, 5.41) is 13.5. The Hall–Kier alpha value is -2.54. The smallest absolute Gasteiger partial charge is 0.295 e. The number of nitro groups is 1. The monoisotopic (exact) mass is 335 g/mol. The summed E-state index contributed by atoms with van der Waals surface area (Å²) in [5.41, 5.74) is 0.317. The molecule has 0 heterocycles. The molecule has 5 nitrogen and oxygen atoms in total. The van der Waals surface area contributed by atoms with Crippen molar-refractivity contribution in [1.82, 2.24) is 4.90 Å². The van der Waals surface area contributed by atoms with Crippen LogP contribution in [0.15, 0.2) is 42.5 Å². The van der Waals surface area contributed by atoms with Crippen LogP contribution in [0.1, 0.15) is 12.0 Å². The molecule has 0 saturated carbocycles. The highest BCUT2D eigenvalue weighted by molar-refractivity contribution is 5.62. The van der Waals surface area contributed by atoms with Gasteiger partial charge in [-0.05, 0) is 31.6 Å². The lowest BCUT2D eigenvalue weighted by Crippen LogP contribution is -2.21. The van der Waals surface area contributed by atoms with Gasteiger partial charge in [-0.1, -0.05) is 30.3 Å². The average Bonchev–Trinajstić information content (AvgIpc) is 2.55. The van der Waals surface area contributed by atoms with Crippen LogP contribution in [0, 0.1) is 21.7 Å². The number of nitro benzene ring substituents is 1. The summed E-state index contributed by atoms with van der Waals surface area (Å²) in [7, 11) is 1.96. The molecule has 0 radical (unpaired) electrons. The Morgan fingerprint density at radius 2 is 1.88 bits per heavy atom. The van der Waals surface area contributed by atoms with E-state index in [9.17, 15) is 18.9 Å². The highest BCUT2D eigenvalue weighted by Gasteiger charge is 2.21. The molecule has 0 aromatic heterocycles. The Labute approximate surface area is 139 Å². The summed E-state index contributed by atoms with van der Waals surface area (Å²) in [6.45, 7) is 1.79.